The fourth-order valence-electron chi connectivity index (χ4n) is 1.90. The zero-order chi connectivity index (χ0) is 17.0. The molecule has 2 aromatic rings. The van der Waals surface area contributed by atoms with E-state index in [1.54, 1.807) is 30.3 Å². The maximum absolute atomic E-state index is 13.7. The Morgan fingerprint density at radius 3 is 2.17 bits per heavy atom. The van der Waals surface area contributed by atoms with Crippen molar-refractivity contribution in [3.8, 4) is 6.07 Å². The summed E-state index contributed by atoms with van der Waals surface area (Å²) in [5.41, 5.74) is 0.684. The number of nitriles is 1. The molecule has 0 aromatic heterocycles. The zero-order valence-electron chi connectivity index (χ0n) is 12.1. The molecular formula is C15H13F2N3O2S. The van der Waals surface area contributed by atoms with Crippen molar-refractivity contribution in [2.75, 3.05) is 16.3 Å². The minimum absolute atomic E-state index is 0.0956. The Morgan fingerprint density at radius 2 is 1.70 bits per heavy atom. The zero-order valence-corrected chi connectivity index (χ0v) is 12.9. The standard InChI is InChI=1S/C15H13F2N3O2S/c1-23(21,22)20-12-4-2-10(3-5-12)9-19-15-13(16)6-11(8-18)7-14(15)17/h2-7,19-20H,9H2,1H3. The summed E-state index contributed by atoms with van der Waals surface area (Å²) in [6.45, 7) is 0.138. The van der Waals surface area contributed by atoms with Crippen LogP contribution in [0.4, 0.5) is 20.2 Å². The lowest BCUT2D eigenvalue weighted by Gasteiger charge is -2.10. The highest BCUT2D eigenvalue weighted by Gasteiger charge is 2.11. The second-order valence-electron chi connectivity index (χ2n) is 4.85. The first-order valence-electron chi connectivity index (χ1n) is 6.48. The summed E-state index contributed by atoms with van der Waals surface area (Å²) in [4.78, 5) is 0. The van der Waals surface area contributed by atoms with Gasteiger partial charge in [-0.05, 0) is 29.8 Å². The van der Waals surface area contributed by atoms with Gasteiger partial charge in [0.05, 0.1) is 17.9 Å². The molecule has 0 atom stereocenters. The van der Waals surface area contributed by atoms with Gasteiger partial charge in [-0.3, -0.25) is 4.72 Å². The molecule has 0 aliphatic carbocycles. The first-order valence-corrected chi connectivity index (χ1v) is 8.37. The number of hydrogen-bond acceptors (Lipinski definition) is 4. The highest BCUT2D eigenvalue weighted by atomic mass is 32.2. The van der Waals surface area contributed by atoms with E-state index in [9.17, 15) is 17.2 Å². The minimum Gasteiger partial charge on any atom is -0.376 e. The molecule has 0 amide bonds. The monoisotopic (exact) mass is 337 g/mol. The number of sulfonamides is 1. The van der Waals surface area contributed by atoms with Gasteiger partial charge < -0.3 is 5.32 Å². The molecule has 5 nitrogen and oxygen atoms in total. The van der Waals surface area contributed by atoms with E-state index in [2.05, 4.69) is 10.0 Å². The molecule has 0 saturated carbocycles. The average Bonchev–Trinajstić information content (AvgIpc) is 2.46. The Bertz CT molecular complexity index is 836. The third-order valence-corrected chi connectivity index (χ3v) is 3.50. The van der Waals surface area contributed by atoms with Crippen LogP contribution in [0.3, 0.4) is 0 Å². The highest BCUT2D eigenvalue weighted by molar-refractivity contribution is 7.92. The van der Waals surface area contributed by atoms with Gasteiger partial charge in [0.15, 0.2) is 11.6 Å². The van der Waals surface area contributed by atoms with E-state index in [0.29, 0.717) is 11.3 Å². The summed E-state index contributed by atoms with van der Waals surface area (Å²) in [6.07, 6.45) is 1.04. The SMILES string of the molecule is CS(=O)(=O)Nc1ccc(CNc2c(F)cc(C#N)cc2F)cc1. The number of halogens is 2. The van der Waals surface area contributed by atoms with Crippen molar-refractivity contribution < 1.29 is 17.2 Å². The summed E-state index contributed by atoms with van der Waals surface area (Å²) < 4.78 is 51.9. The molecule has 0 bridgehead atoms. The Kier molecular flexibility index (Phi) is 4.81. The van der Waals surface area contributed by atoms with E-state index in [0.717, 1.165) is 18.4 Å². The van der Waals surface area contributed by atoms with Crippen LogP contribution in [0.1, 0.15) is 11.1 Å². The van der Waals surface area contributed by atoms with Crippen molar-refractivity contribution in [1.82, 2.24) is 0 Å². The van der Waals surface area contributed by atoms with Crippen LogP contribution in [0.2, 0.25) is 0 Å². The summed E-state index contributed by atoms with van der Waals surface area (Å²) in [5, 5.41) is 11.3. The number of nitrogens with zero attached hydrogens (tertiary/aromatic N) is 1. The average molecular weight is 337 g/mol. The maximum atomic E-state index is 13.7. The fraction of sp³-hybridized carbons (Fsp3) is 0.133. The molecule has 120 valence electrons. The van der Waals surface area contributed by atoms with Gasteiger partial charge in [0.2, 0.25) is 10.0 Å². The topological polar surface area (TPSA) is 82.0 Å². The molecule has 0 unspecified atom stereocenters. The molecule has 0 aliphatic heterocycles. The lowest BCUT2D eigenvalue weighted by molar-refractivity contribution is 0.587. The van der Waals surface area contributed by atoms with Gasteiger partial charge in [-0.2, -0.15) is 5.26 Å². The van der Waals surface area contributed by atoms with Crippen molar-refractivity contribution in [1.29, 1.82) is 5.26 Å². The van der Waals surface area contributed by atoms with E-state index in [1.165, 1.54) is 0 Å². The van der Waals surface area contributed by atoms with Crippen molar-refractivity contribution >= 4 is 21.4 Å². The smallest absolute Gasteiger partial charge is 0.229 e. The fourth-order valence-corrected chi connectivity index (χ4v) is 2.47. The molecule has 2 N–H and O–H groups in total. The van der Waals surface area contributed by atoms with Crippen LogP contribution in [-0.2, 0) is 16.6 Å². The lowest BCUT2D eigenvalue weighted by atomic mass is 10.1. The van der Waals surface area contributed by atoms with Crippen LogP contribution in [0.15, 0.2) is 36.4 Å². The molecule has 2 rings (SSSR count). The van der Waals surface area contributed by atoms with Gasteiger partial charge in [-0.1, -0.05) is 12.1 Å². The van der Waals surface area contributed by atoms with Gasteiger partial charge in [-0.25, -0.2) is 17.2 Å². The van der Waals surface area contributed by atoms with E-state index in [4.69, 9.17) is 5.26 Å². The molecule has 0 saturated heterocycles. The van der Waals surface area contributed by atoms with E-state index < -0.39 is 21.7 Å². The van der Waals surface area contributed by atoms with Crippen LogP contribution >= 0.6 is 0 Å². The number of anilines is 2. The van der Waals surface area contributed by atoms with Crippen molar-refractivity contribution in [2.45, 2.75) is 6.54 Å². The molecule has 0 radical (unpaired) electrons. The van der Waals surface area contributed by atoms with E-state index in [-0.39, 0.29) is 17.8 Å². The molecule has 0 fully saturated rings. The van der Waals surface area contributed by atoms with E-state index >= 15 is 0 Å². The Balaban J connectivity index is 2.09. The van der Waals surface area contributed by atoms with Gasteiger partial charge in [-0.15, -0.1) is 0 Å². The van der Waals surface area contributed by atoms with Gasteiger partial charge in [0, 0.05) is 12.2 Å². The summed E-state index contributed by atoms with van der Waals surface area (Å²) in [7, 11) is -3.35. The molecule has 0 heterocycles. The summed E-state index contributed by atoms with van der Waals surface area (Å²) in [5.74, 6) is -1.70. The van der Waals surface area contributed by atoms with Crippen molar-refractivity contribution in [3.05, 3.63) is 59.2 Å². The third-order valence-electron chi connectivity index (χ3n) is 2.90. The van der Waals surface area contributed by atoms with Gasteiger partial charge in [0.25, 0.3) is 0 Å². The molecular weight excluding hydrogens is 324 g/mol. The van der Waals surface area contributed by atoms with Crippen LogP contribution in [0.25, 0.3) is 0 Å². The van der Waals surface area contributed by atoms with Crippen LogP contribution in [0, 0.1) is 23.0 Å². The number of rotatable bonds is 5. The lowest BCUT2D eigenvalue weighted by Crippen LogP contribution is -2.09. The Hall–Kier alpha value is -2.66. The largest absolute Gasteiger partial charge is 0.376 e. The number of nitrogens with one attached hydrogen (secondary N) is 2. The van der Waals surface area contributed by atoms with Crippen LogP contribution in [-0.4, -0.2) is 14.7 Å². The molecule has 23 heavy (non-hydrogen) atoms. The number of benzene rings is 2. The Labute approximate surface area is 132 Å². The van der Waals surface area contributed by atoms with Crippen molar-refractivity contribution in [3.63, 3.8) is 0 Å². The quantitative estimate of drug-likeness (QED) is 0.879. The molecule has 8 heteroatoms. The highest BCUT2D eigenvalue weighted by Crippen LogP contribution is 2.21. The normalized spacial score (nSPS) is 10.9. The van der Waals surface area contributed by atoms with Crippen molar-refractivity contribution in [2.24, 2.45) is 0 Å². The predicted octanol–water partition coefficient (Wildman–Crippen LogP) is 2.82. The minimum atomic E-state index is -3.35. The summed E-state index contributed by atoms with van der Waals surface area (Å²) in [6, 6.07) is 9.91. The molecule has 2 aromatic carbocycles. The second kappa shape index (κ2) is 6.62. The van der Waals surface area contributed by atoms with Crippen LogP contribution < -0.4 is 10.0 Å². The molecule has 0 spiro atoms. The maximum Gasteiger partial charge on any atom is 0.229 e. The first kappa shape index (κ1) is 16.7. The first-order chi connectivity index (χ1) is 10.8. The Morgan fingerprint density at radius 1 is 1.13 bits per heavy atom. The van der Waals surface area contributed by atoms with E-state index in [1.807, 2.05) is 0 Å². The number of hydrogen-bond donors (Lipinski definition) is 2. The summed E-state index contributed by atoms with van der Waals surface area (Å²) >= 11 is 0. The second-order valence-corrected chi connectivity index (χ2v) is 6.60. The predicted molar refractivity (Wildman–Crippen MR) is 83.3 cm³/mol. The van der Waals surface area contributed by atoms with Gasteiger partial charge in [0.1, 0.15) is 5.69 Å². The molecule has 0 aliphatic rings. The third kappa shape index (κ3) is 4.66. The van der Waals surface area contributed by atoms with Crippen LogP contribution in [0.5, 0.6) is 0 Å². The van der Waals surface area contributed by atoms with Gasteiger partial charge >= 0.3 is 0 Å².